The summed E-state index contributed by atoms with van der Waals surface area (Å²) in [6, 6.07) is 9.61. The molecule has 7 heteroatoms. The third kappa shape index (κ3) is 2.51. The lowest BCUT2D eigenvalue weighted by Gasteiger charge is -2.24. The van der Waals surface area contributed by atoms with Gasteiger partial charge in [0.2, 0.25) is 5.91 Å². The number of carboxylic acid groups (broad SMARTS) is 1. The van der Waals surface area contributed by atoms with Gasteiger partial charge in [-0.25, -0.2) is 4.98 Å². The summed E-state index contributed by atoms with van der Waals surface area (Å²) in [5, 5.41) is 16.3. The maximum Gasteiger partial charge on any atom is 0.233 e. The zero-order valence-corrected chi connectivity index (χ0v) is 13.2. The number of benzene rings is 1. The molecule has 1 aromatic carbocycles. The van der Waals surface area contributed by atoms with E-state index in [1.54, 1.807) is 12.2 Å². The zero-order chi connectivity index (χ0) is 16.7. The van der Waals surface area contributed by atoms with Crippen LogP contribution in [0.5, 0.6) is 0 Å². The minimum atomic E-state index is -1.27. The van der Waals surface area contributed by atoms with E-state index in [0.29, 0.717) is 5.13 Å². The van der Waals surface area contributed by atoms with Crippen LogP contribution in [0.2, 0.25) is 0 Å². The van der Waals surface area contributed by atoms with Crippen molar-refractivity contribution >= 4 is 28.3 Å². The lowest BCUT2D eigenvalue weighted by molar-refractivity contribution is -0.313. The standard InChI is InChI=1S/C17H14N2O4S/c20-15(13-11-6-7-12(23-11)14(13)16(21)22)19-17-18-10(8-24-17)9-4-2-1-3-5-9/h1-8,11-14H,(H,21,22)(H,18,19,20)/p-1. The number of carboxylic acids is 1. The maximum absolute atomic E-state index is 12.5. The Kier molecular flexibility index (Phi) is 3.66. The minimum absolute atomic E-state index is 0.407. The molecule has 2 aliphatic heterocycles. The Bertz CT molecular complexity index is 817. The number of ether oxygens (including phenoxy) is 1. The number of nitrogens with zero attached hydrogens (tertiary/aromatic N) is 1. The van der Waals surface area contributed by atoms with Crippen molar-refractivity contribution in [3.63, 3.8) is 0 Å². The summed E-state index contributed by atoms with van der Waals surface area (Å²) >= 11 is 1.30. The second-order valence-corrected chi connectivity index (χ2v) is 6.57. The molecule has 2 aromatic rings. The molecule has 122 valence electrons. The zero-order valence-electron chi connectivity index (χ0n) is 12.4. The SMILES string of the molecule is O=C([O-])C1C2C=CC(O2)C1C(=O)Nc1nc(-c2ccccc2)cs1. The number of amides is 1. The third-order valence-corrected chi connectivity index (χ3v) is 5.04. The average molecular weight is 341 g/mol. The summed E-state index contributed by atoms with van der Waals surface area (Å²) < 4.78 is 5.48. The van der Waals surface area contributed by atoms with Crippen LogP contribution in [0.25, 0.3) is 11.3 Å². The van der Waals surface area contributed by atoms with Crippen molar-refractivity contribution in [2.24, 2.45) is 11.8 Å². The molecule has 4 atom stereocenters. The Morgan fingerprint density at radius 1 is 1.12 bits per heavy atom. The smallest absolute Gasteiger partial charge is 0.233 e. The Morgan fingerprint density at radius 2 is 1.83 bits per heavy atom. The van der Waals surface area contributed by atoms with Gasteiger partial charge in [0.15, 0.2) is 5.13 Å². The topological polar surface area (TPSA) is 91.4 Å². The monoisotopic (exact) mass is 341 g/mol. The molecule has 0 saturated carbocycles. The normalized spacial score (nSPS) is 27.3. The molecule has 4 rings (SSSR count). The van der Waals surface area contributed by atoms with E-state index in [1.807, 2.05) is 35.7 Å². The second kappa shape index (κ2) is 5.85. The molecule has 1 N–H and O–H groups in total. The Morgan fingerprint density at radius 3 is 2.54 bits per heavy atom. The van der Waals surface area contributed by atoms with Crippen LogP contribution in [-0.4, -0.2) is 29.1 Å². The summed E-state index contributed by atoms with van der Waals surface area (Å²) in [6.07, 6.45) is 2.29. The highest BCUT2D eigenvalue weighted by molar-refractivity contribution is 7.14. The van der Waals surface area contributed by atoms with Crippen molar-refractivity contribution in [2.75, 3.05) is 5.32 Å². The number of nitrogens with one attached hydrogen (secondary N) is 1. The highest BCUT2D eigenvalue weighted by Gasteiger charge is 2.50. The number of fused-ring (bicyclic) bond motifs is 2. The van der Waals surface area contributed by atoms with Crippen LogP contribution < -0.4 is 10.4 Å². The number of rotatable bonds is 4. The van der Waals surface area contributed by atoms with Crippen molar-refractivity contribution in [2.45, 2.75) is 12.2 Å². The summed E-state index contributed by atoms with van der Waals surface area (Å²) in [6.45, 7) is 0. The number of hydrogen-bond acceptors (Lipinski definition) is 6. The number of aliphatic carboxylic acids is 1. The van der Waals surface area contributed by atoms with Crippen LogP contribution in [-0.2, 0) is 14.3 Å². The molecular formula is C17H13N2O4S-. The molecule has 1 amide bonds. The van der Waals surface area contributed by atoms with Crippen molar-refractivity contribution in [3.8, 4) is 11.3 Å². The summed E-state index contributed by atoms with van der Waals surface area (Å²) in [4.78, 5) is 28.2. The van der Waals surface area contributed by atoms with Crippen LogP contribution in [0.4, 0.5) is 5.13 Å². The molecule has 1 fully saturated rings. The molecule has 1 saturated heterocycles. The number of hydrogen-bond donors (Lipinski definition) is 1. The number of aromatic nitrogens is 1. The van der Waals surface area contributed by atoms with Gasteiger partial charge >= 0.3 is 0 Å². The molecule has 1 aromatic heterocycles. The van der Waals surface area contributed by atoms with E-state index in [2.05, 4.69) is 10.3 Å². The largest absolute Gasteiger partial charge is 0.550 e. The fourth-order valence-electron chi connectivity index (χ4n) is 3.16. The van der Waals surface area contributed by atoms with E-state index in [-0.39, 0.29) is 0 Å². The third-order valence-electron chi connectivity index (χ3n) is 4.28. The second-order valence-electron chi connectivity index (χ2n) is 5.71. The highest BCUT2D eigenvalue weighted by atomic mass is 32.1. The van der Waals surface area contributed by atoms with Crippen LogP contribution in [0, 0.1) is 11.8 Å². The highest BCUT2D eigenvalue weighted by Crippen LogP contribution is 2.39. The van der Waals surface area contributed by atoms with Gasteiger partial charge in [-0.1, -0.05) is 42.5 Å². The van der Waals surface area contributed by atoms with E-state index in [4.69, 9.17) is 4.74 Å². The molecule has 0 spiro atoms. The molecular weight excluding hydrogens is 328 g/mol. The van der Waals surface area contributed by atoms with E-state index in [1.165, 1.54) is 11.3 Å². The van der Waals surface area contributed by atoms with Gasteiger partial charge in [-0.2, -0.15) is 0 Å². The first-order valence-corrected chi connectivity index (χ1v) is 8.38. The van der Waals surface area contributed by atoms with Crippen LogP contribution in [0.1, 0.15) is 0 Å². The van der Waals surface area contributed by atoms with Crippen molar-refractivity contribution in [1.82, 2.24) is 4.98 Å². The number of thiazole rings is 1. The van der Waals surface area contributed by atoms with Crippen molar-refractivity contribution in [1.29, 1.82) is 0 Å². The summed E-state index contributed by atoms with van der Waals surface area (Å²) in [7, 11) is 0. The molecule has 2 aliphatic rings. The minimum Gasteiger partial charge on any atom is -0.550 e. The van der Waals surface area contributed by atoms with Gasteiger partial charge in [-0.05, 0) is 0 Å². The Balaban J connectivity index is 1.52. The molecule has 24 heavy (non-hydrogen) atoms. The number of anilines is 1. The van der Waals surface area contributed by atoms with Crippen molar-refractivity contribution < 1.29 is 19.4 Å². The molecule has 2 bridgehead atoms. The van der Waals surface area contributed by atoms with Gasteiger partial charge in [-0.15, -0.1) is 11.3 Å². The Labute approximate surface area is 141 Å². The summed E-state index contributed by atoms with van der Waals surface area (Å²) in [5.41, 5.74) is 1.71. The van der Waals surface area contributed by atoms with Crippen LogP contribution in [0.3, 0.4) is 0 Å². The summed E-state index contributed by atoms with van der Waals surface area (Å²) in [5.74, 6) is -3.44. The lowest BCUT2D eigenvalue weighted by atomic mass is 9.82. The van der Waals surface area contributed by atoms with E-state index in [9.17, 15) is 14.7 Å². The predicted octanol–water partition coefficient (Wildman–Crippen LogP) is 1.07. The predicted molar refractivity (Wildman–Crippen MR) is 86.0 cm³/mol. The van der Waals surface area contributed by atoms with Crippen molar-refractivity contribution in [3.05, 3.63) is 47.9 Å². The maximum atomic E-state index is 12.5. The van der Waals surface area contributed by atoms with Gasteiger partial charge in [0.05, 0.1) is 23.8 Å². The fourth-order valence-corrected chi connectivity index (χ4v) is 3.89. The van der Waals surface area contributed by atoms with Gasteiger partial charge in [-0.3, -0.25) is 4.79 Å². The van der Waals surface area contributed by atoms with E-state index in [0.717, 1.165) is 11.3 Å². The van der Waals surface area contributed by atoms with E-state index < -0.39 is 35.9 Å². The molecule has 4 unspecified atom stereocenters. The average Bonchev–Trinajstić information content (AvgIpc) is 3.30. The molecule has 6 nitrogen and oxygen atoms in total. The fraction of sp³-hybridized carbons (Fsp3) is 0.235. The molecule has 0 radical (unpaired) electrons. The molecule has 0 aliphatic carbocycles. The first-order chi connectivity index (χ1) is 11.6. The van der Waals surface area contributed by atoms with Gasteiger partial charge in [0.1, 0.15) is 0 Å². The van der Waals surface area contributed by atoms with Crippen LogP contribution in [0.15, 0.2) is 47.9 Å². The van der Waals surface area contributed by atoms with Crippen LogP contribution >= 0.6 is 11.3 Å². The molecule has 3 heterocycles. The van der Waals surface area contributed by atoms with Gasteiger partial charge < -0.3 is 20.0 Å². The first-order valence-electron chi connectivity index (χ1n) is 7.50. The number of carbonyl (C=O) groups is 2. The first kappa shape index (κ1) is 15.0. The quantitative estimate of drug-likeness (QED) is 0.840. The lowest BCUT2D eigenvalue weighted by Crippen LogP contribution is -2.45. The number of carbonyl (C=O) groups excluding carboxylic acids is 2. The Hall–Kier alpha value is -2.51. The van der Waals surface area contributed by atoms with Gasteiger partial charge in [0, 0.05) is 22.8 Å². The van der Waals surface area contributed by atoms with E-state index >= 15 is 0 Å². The van der Waals surface area contributed by atoms with Gasteiger partial charge in [0.25, 0.3) is 0 Å².